The van der Waals surface area contributed by atoms with Gasteiger partial charge in [0.05, 0.1) is 6.04 Å². The molecular weight excluding hydrogens is 254 g/mol. The predicted octanol–water partition coefficient (Wildman–Crippen LogP) is 5.52. The van der Waals surface area contributed by atoms with Crippen LogP contribution >= 0.6 is 11.6 Å². The molecule has 2 heteroatoms. The Morgan fingerprint density at radius 2 is 1.74 bits per heavy atom. The van der Waals surface area contributed by atoms with Crippen molar-refractivity contribution in [1.29, 1.82) is 0 Å². The zero-order valence-electron chi connectivity index (χ0n) is 11.7. The predicted molar refractivity (Wildman–Crippen MR) is 84.0 cm³/mol. The summed E-state index contributed by atoms with van der Waals surface area (Å²) in [5.41, 5.74) is 4.78. The van der Waals surface area contributed by atoms with Gasteiger partial charge in [-0.1, -0.05) is 54.4 Å². The Bertz CT molecular complexity index is 546. The van der Waals surface area contributed by atoms with Crippen molar-refractivity contribution >= 4 is 17.3 Å². The lowest BCUT2D eigenvalue weighted by molar-refractivity contribution is 0.749. The van der Waals surface area contributed by atoms with E-state index in [0.29, 0.717) is 6.04 Å². The molecule has 100 valence electrons. The second kappa shape index (κ2) is 6.12. The first kappa shape index (κ1) is 14.0. The first-order valence-electron chi connectivity index (χ1n) is 6.69. The van der Waals surface area contributed by atoms with Crippen LogP contribution in [0.5, 0.6) is 0 Å². The number of halogens is 1. The van der Waals surface area contributed by atoms with Crippen molar-refractivity contribution in [2.24, 2.45) is 0 Å². The lowest BCUT2D eigenvalue weighted by Crippen LogP contribution is -2.09. The Morgan fingerprint density at radius 1 is 1.05 bits per heavy atom. The van der Waals surface area contributed by atoms with Gasteiger partial charge in [0.1, 0.15) is 0 Å². The standard InChI is InChI=1S/C17H20ClN/c1-4-17(14-8-5-12(2)6-9-14)19-15-10-7-13(3)16(18)11-15/h5-11,17,19H,4H2,1-3H3. The lowest BCUT2D eigenvalue weighted by atomic mass is 10.0. The molecule has 1 atom stereocenters. The molecule has 0 saturated heterocycles. The normalized spacial score (nSPS) is 12.2. The van der Waals surface area contributed by atoms with Gasteiger partial charge < -0.3 is 5.32 Å². The Kier molecular flexibility index (Phi) is 4.49. The molecule has 0 spiro atoms. The second-order valence-corrected chi connectivity index (χ2v) is 5.39. The van der Waals surface area contributed by atoms with Gasteiger partial charge in [0, 0.05) is 10.7 Å². The highest BCUT2D eigenvalue weighted by atomic mass is 35.5. The highest BCUT2D eigenvalue weighted by Crippen LogP contribution is 2.26. The topological polar surface area (TPSA) is 12.0 Å². The van der Waals surface area contributed by atoms with Crippen molar-refractivity contribution in [2.75, 3.05) is 5.32 Å². The summed E-state index contributed by atoms with van der Waals surface area (Å²) in [4.78, 5) is 0. The van der Waals surface area contributed by atoms with Crippen LogP contribution in [0, 0.1) is 13.8 Å². The summed E-state index contributed by atoms with van der Waals surface area (Å²) in [5.74, 6) is 0. The van der Waals surface area contributed by atoms with Crippen LogP contribution in [0.25, 0.3) is 0 Å². The van der Waals surface area contributed by atoms with Crippen molar-refractivity contribution in [2.45, 2.75) is 33.2 Å². The first-order valence-corrected chi connectivity index (χ1v) is 7.07. The Hall–Kier alpha value is -1.47. The molecule has 0 amide bonds. The number of benzene rings is 2. The summed E-state index contributed by atoms with van der Waals surface area (Å²) in [7, 11) is 0. The number of aryl methyl sites for hydroxylation is 2. The third-order valence-corrected chi connectivity index (χ3v) is 3.81. The minimum absolute atomic E-state index is 0.319. The zero-order chi connectivity index (χ0) is 13.8. The molecule has 0 aliphatic rings. The minimum Gasteiger partial charge on any atom is -0.378 e. The molecule has 0 bridgehead atoms. The molecule has 0 saturated carbocycles. The van der Waals surface area contributed by atoms with Crippen LogP contribution in [-0.4, -0.2) is 0 Å². The molecule has 0 aliphatic heterocycles. The van der Waals surface area contributed by atoms with E-state index in [1.807, 2.05) is 19.1 Å². The maximum atomic E-state index is 6.17. The summed E-state index contributed by atoms with van der Waals surface area (Å²) in [6.07, 6.45) is 1.04. The molecule has 0 radical (unpaired) electrons. The third-order valence-electron chi connectivity index (χ3n) is 3.40. The summed E-state index contributed by atoms with van der Waals surface area (Å²) in [6.45, 7) is 6.31. The van der Waals surface area contributed by atoms with Crippen LogP contribution in [-0.2, 0) is 0 Å². The van der Waals surface area contributed by atoms with Gasteiger partial charge in [-0.25, -0.2) is 0 Å². The van der Waals surface area contributed by atoms with E-state index in [9.17, 15) is 0 Å². The number of anilines is 1. The molecule has 0 heterocycles. The van der Waals surface area contributed by atoms with E-state index in [4.69, 9.17) is 11.6 Å². The minimum atomic E-state index is 0.319. The van der Waals surface area contributed by atoms with Gasteiger partial charge in [0.25, 0.3) is 0 Å². The number of rotatable bonds is 4. The fraction of sp³-hybridized carbons (Fsp3) is 0.294. The summed E-state index contributed by atoms with van der Waals surface area (Å²) < 4.78 is 0. The van der Waals surface area contributed by atoms with Crippen LogP contribution in [0.3, 0.4) is 0 Å². The SMILES string of the molecule is CCC(Nc1ccc(C)c(Cl)c1)c1ccc(C)cc1. The molecule has 2 aromatic carbocycles. The Labute approximate surface area is 120 Å². The second-order valence-electron chi connectivity index (χ2n) is 4.98. The fourth-order valence-corrected chi connectivity index (χ4v) is 2.28. The molecule has 0 fully saturated rings. The van der Waals surface area contributed by atoms with E-state index in [-0.39, 0.29) is 0 Å². The highest BCUT2D eigenvalue weighted by molar-refractivity contribution is 6.31. The van der Waals surface area contributed by atoms with Crippen LogP contribution < -0.4 is 5.32 Å². The summed E-state index contributed by atoms with van der Waals surface area (Å²) >= 11 is 6.17. The van der Waals surface area contributed by atoms with E-state index in [2.05, 4.69) is 49.5 Å². The number of hydrogen-bond donors (Lipinski definition) is 1. The number of hydrogen-bond acceptors (Lipinski definition) is 1. The first-order chi connectivity index (χ1) is 9.10. The molecule has 0 aliphatic carbocycles. The summed E-state index contributed by atoms with van der Waals surface area (Å²) in [6, 6.07) is 15.1. The number of nitrogens with one attached hydrogen (secondary N) is 1. The van der Waals surface area contributed by atoms with E-state index in [0.717, 1.165) is 22.7 Å². The maximum Gasteiger partial charge on any atom is 0.0511 e. The van der Waals surface area contributed by atoms with Crippen molar-refractivity contribution < 1.29 is 0 Å². The third kappa shape index (κ3) is 3.51. The quantitative estimate of drug-likeness (QED) is 0.773. The van der Waals surface area contributed by atoms with Crippen molar-refractivity contribution in [3.63, 3.8) is 0 Å². The van der Waals surface area contributed by atoms with Crippen LogP contribution in [0.1, 0.15) is 36.1 Å². The van der Waals surface area contributed by atoms with E-state index < -0.39 is 0 Å². The Balaban J connectivity index is 2.18. The largest absolute Gasteiger partial charge is 0.378 e. The van der Waals surface area contributed by atoms with E-state index >= 15 is 0 Å². The molecular formula is C17H20ClN. The average Bonchev–Trinajstić information content (AvgIpc) is 2.41. The van der Waals surface area contributed by atoms with E-state index in [1.54, 1.807) is 0 Å². The van der Waals surface area contributed by atoms with Gasteiger partial charge in [-0.05, 0) is 43.5 Å². The van der Waals surface area contributed by atoms with Gasteiger partial charge in [0.2, 0.25) is 0 Å². The van der Waals surface area contributed by atoms with Crippen molar-refractivity contribution in [3.8, 4) is 0 Å². The molecule has 1 unspecified atom stereocenters. The van der Waals surface area contributed by atoms with Gasteiger partial charge in [-0.3, -0.25) is 0 Å². The van der Waals surface area contributed by atoms with Crippen LogP contribution in [0.4, 0.5) is 5.69 Å². The monoisotopic (exact) mass is 273 g/mol. The smallest absolute Gasteiger partial charge is 0.0511 e. The highest BCUT2D eigenvalue weighted by Gasteiger charge is 2.09. The molecule has 19 heavy (non-hydrogen) atoms. The molecule has 1 N–H and O–H groups in total. The van der Waals surface area contributed by atoms with Gasteiger partial charge >= 0.3 is 0 Å². The van der Waals surface area contributed by atoms with Gasteiger partial charge in [-0.2, -0.15) is 0 Å². The summed E-state index contributed by atoms with van der Waals surface area (Å²) in [5, 5.41) is 4.36. The van der Waals surface area contributed by atoms with Crippen molar-refractivity contribution in [1.82, 2.24) is 0 Å². The molecule has 0 aromatic heterocycles. The van der Waals surface area contributed by atoms with Crippen LogP contribution in [0.15, 0.2) is 42.5 Å². The maximum absolute atomic E-state index is 6.17. The van der Waals surface area contributed by atoms with Gasteiger partial charge in [-0.15, -0.1) is 0 Å². The van der Waals surface area contributed by atoms with E-state index in [1.165, 1.54) is 11.1 Å². The molecule has 2 rings (SSSR count). The molecule has 2 aromatic rings. The zero-order valence-corrected chi connectivity index (χ0v) is 12.5. The lowest BCUT2D eigenvalue weighted by Gasteiger charge is -2.19. The van der Waals surface area contributed by atoms with Gasteiger partial charge in [0.15, 0.2) is 0 Å². The molecule has 1 nitrogen and oxygen atoms in total. The fourth-order valence-electron chi connectivity index (χ4n) is 2.10. The van der Waals surface area contributed by atoms with Crippen molar-refractivity contribution in [3.05, 3.63) is 64.2 Å². The average molecular weight is 274 g/mol. The Morgan fingerprint density at radius 3 is 2.32 bits per heavy atom. The van der Waals surface area contributed by atoms with Crippen LogP contribution in [0.2, 0.25) is 5.02 Å².